The van der Waals surface area contributed by atoms with E-state index in [4.69, 9.17) is 11.6 Å². The normalized spacial score (nSPS) is 10.8. The van der Waals surface area contributed by atoms with E-state index in [0.717, 1.165) is 11.7 Å². The Balaban J connectivity index is 2.47. The summed E-state index contributed by atoms with van der Waals surface area (Å²) in [6.07, 6.45) is 2.69. The van der Waals surface area contributed by atoms with Crippen molar-refractivity contribution in [2.45, 2.75) is 0 Å². The van der Waals surface area contributed by atoms with E-state index >= 15 is 0 Å². The monoisotopic (exact) mass is 230 g/mol. The van der Waals surface area contributed by atoms with Crippen LogP contribution in [-0.2, 0) is 0 Å². The topological polar surface area (TPSA) is 119 Å². The second-order valence-corrected chi connectivity index (χ2v) is 3.22. The second kappa shape index (κ2) is 4.44. The molecule has 0 aliphatic rings. The SMILES string of the molecule is NN=CNC(=O)c1cc2cccnc2nc1N. The van der Waals surface area contributed by atoms with Gasteiger partial charge in [0.05, 0.1) is 5.56 Å². The summed E-state index contributed by atoms with van der Waals surface area (Å²) in [5.74, 6) is 4.57. The molecule has 0 atom stereocenters. The molecule has 7 nitrogen and oxygen atoms in total. The molecule has 0 spiro atoms. The predicted octanol–water partition coefficient (Wildman–Crippen LogP) is -0.156. The first kappa shape index (κ1) is 10.8. The highest BCUT2D eigenvalue weighted by molar-refractivity contribution is 6.05. The number of carbonyl (C=O) groups excluding carboxylic acids is 1. The Morgan fingerprint density at radius 2 is 2.35 bits per heavy atom. The van der Waals surface area contributed by atoms with Crippen LogP contribution in [0.2, 0.25) is 0 Å². The molecule has 0 saturated carbocycles. The molecule has 17 heavy (non-hydrogen) atoms. The highest BCUT2D eigenvalue weighted by Gasteiger charge is 2.11. The highest BCUT2D eigenvalue weighted by atomic mass is 16.1. The molecule has 0 radical (unpaired) electrons. The Morgan fingerprint density at radius 1 is 1.53 bits per heavy atom. The molecule has 2 aromatic heterocycles. The number of carbonyl (C=O) groups is 1. The quantitative estimate of drug-likeness (QED) is 0.287. The molecule has 0 unspecified atom stereocenters. The lowest BCUT2D eigenvalue weighted by atomic mass is 10.2. The van der Waals surface area contributed by atoms with Crippen LogP contribution in [0.1, 0.15) is 10.4 Å². The summed E-state index contributed by atoms with van der Waals surface area (Å²) in [7, 11) is 0. The number of pyridine rings is 2. The number of amides is 1. The van der Waals surface area contributed by atoms with Gasteiger partial charge in [-0.05, 0) is 18.2 Å². The molecule has 0 aliphatic heterocycles. The average Bonchev–Trinajstić information content (AvgIpc) is 2.35. The first-order valence-electron chi connectivity index (χ1n) is 4.76. The molecule has 0 aliphatic carbocycles. The molecule has 2 heterocycles. The molecule has 1 amide bonds. The van der Waals surface area contributed by atoms with Gasteiger partial charge in [0.15, 0.2) is 5.65 Å². The van der Waals surface area contributed by atoms with Crippen molar-refractivity contribution >= 4 is 29.1 Å². The van der Waals surface area contributed by atoms with Crippen molar-refractivity contribution in [3.63, 3.8) is 0 Å². The van der Waals surface area contributed by atoms with Gasteiger partial charge in [-0.1, -0.05) is 0 Å². The third-order valence-corrected chi connectivity index (χ3v) is 2.13. The summed E-state index contributed by atoms with van der Waals surface area (Å²) in [6.45, 7) is 0. The summed E-state index contributed by atoms with van der Waals surface area (Å²) in [4.78, 5) is 19.7. The first-order valence-corrected chi connectivity index (χ1v) is 4.76. The Labute approximate surface area is 96.5 Å². The summed E-state index contributed by atoms with van der Waals surface area (Å²) in [5, 5.41) is 6.25. The van der Waals surface area contributed by atoms with Crippen molar-refractivity contribution in [1.29, 1.82) is 0 Å². The van der Waals surface area contributed by atoms with Crippen LogP contribution in [0, 0.1) is 0 Å². The minimum Gasteiger partial charge on any atom is -0.383 e. The molecular formula is C10H10N6O. The van der Waals surface area contributed by atoms with Crippen LogP contribution in [0.5, 0.6) is 0 Å². The minimum absolute atomic E-state index is 0.110. The van der Waals surface area contributed by atoms with E-state index in [0.29, 0.717) is 5.65 Å². The van der Waals surface area contributed by atoms with Crippen molar-refractivity contribution in [1.82, 2.24) is 15.3 Å². The summed E-state index contributed by atoms with van der Waals surface area (Å²) in [6, 6.07) is 5.16. The summed E-state index contributed by atoms with van der Waals surface area (Å²) in [5.41, 5.74) is 6.42. The number of fused-ring (bicyclic) bond motifs is 1. The van der Waals surface area contributed by atoms with Gasteiger partial charge in [0.25, 0.3) is 5.91 Å². The van der Waals surface area contributed by atoms with Gasteiger partial charge in [0.2, 0.25) is 0 Å². The highest BCUT2D eigenvalue weighted by Crippen LogP contribution is 2.16. The van der Waals surface area contributed by atoms with Gasteiger partial charge >= 0.3 is 0 Å². The second-order valence-electron chi connectivity index (χ2n) is 3.22. The van der Waals surface area contributed by atoms with E-state index in [-0.39, 0.29) is 11.4 Å². The van der Waals surface area contributed by atoms with Crippen molar-refractivity contribution in [2.75, 3.05) is 5.73 Å². The summed E-state index contributed by atoms with van der Waals surface area (Å²) >= 11 is 0. The van der Waals surface area contributed by atoms with Gasteiger partial charge in [-0.3, -0.25) is 4.79 Å². The van der Waals surface area contributed by atoms with Crippen LogP contribution >= 0.6 is 0 Å². The fraction of sp³-hybridized carbons (Fsp3) is 0. The standard InChI is InChI=1S/C10H10N6O/c11-8-7(10(17)14-5-15-12)4-6-2-1-3-13-9(6)16-8/h1-5H,12H2,(H2,11,13,16)(H,14,15,17). The van der Waals surface area contributed by atoms with Crippen LogP contribution in [0.3, 0.4) is 0 Å². The molecule has 0 saturated heterocycles. The largest absolute Gasteiger partial charge is 0.383 e. The first-order chi connectivity index (χ1) is 8.22. The van der Waals surface area contributed by atoms with Gasteiger partial charge in [0, 0.05) is 11.6 Å². The Kier molecular flexibility index (Phi) is 2.82. The number of hydrogen-bond acceptors (Lipinski definition) is 6. The lowest BCUT2D eigenvalue weighted by Crippen LogP contribution is -2.23. The molecular weight excluding hydrogens is 220 g/mol. The van der Waals surface area contributed by atoms with Crippen LogP contribution in [0.25, 0.3) is 11.0 Å². The lowest BCUT2D eigenvalue weighted by Gasteiger charge is -2.04. The van der Waals surface area contributed by atoms with Crippen LogP contribution in [0.15, 0.2) is 29.5 Å². The summed E-state index contributed by atoms with van der Waals surface area (Å²) < 4.78 is 0. The molecule has 86 valence electrons. The zero-order chi connectivity index (χ0) is 12.3. The fourth-order valence-corrected chi connectivity index (χ4v) is 1.37. The van der Waals surface area contributed by atoms with E-state index in [1.54, 1.807) is 24.4 Å². The van der Waals surface area contributed by atoms with E-state index in [9.17, 15) is 4.79 Å². The number of nitrogen functional groups attached to an aromatic ring is 1. The number of rotatable bonds is 2. The molecule has 0 bridgehead atoms. The van der Waals surface area contributed by atoms with Gasteiger partial charge < -0.3 is 16.9 Å². The van der Waals surface area contributed by atoms with E-state index in [1.165, 1.54) is 0 Å². The van der Waals surface area contributed by atoms with E-state index < -0.39 is 5.91 Å². The maximum absolute atomic E-state index is 11.7. The number of nitrogens with one attached hydrogen (secondary N) is 1. The average molecular weight is 230 g/mol. The molecule has 7 heteroatoms. The van der Waals surface area contributed by atoms with Crippen molar-refractivity contribution in [3.05, 3.63) is 30.0 Å². The number of nitrogens with two attached hydrogens (primary N) is 2. The maximum Gasteiger partial charge on any atom is 0.260 e. The molecule has 0 aromatic carbocycles. The van der Waals surface area contributed by atoms with Gasteiger partial charge in [0.1, 0.15) is 12.2 Å². The maximum atomic E-state index is 11.7. The lowest BCUT2D eigenvalue weighted by molar-refractivity contribution is 0.0979. The van der Waals surface area contributed by atoms with Gasteiger partial charge in [-0.25, -0.2) is 9.97 Å². The van der Waals surface area contributed by atoms with Gasteiger partial charge in [-0.15, -0.1) is 0 Å². The van der Waals surface area contributed by atoms with Crippen molar-refractivity contribution < 1.29 is 4.79 Å². The molecule has 0 fully saturated rings. The number of nitrogens with zero attached hydrogens (tertiary/aromatic N) is 3. The van der Waals surface area contributed by atoms with Crippen LogP contribution in [-0.4, -0.2) is 22.2 Å². The predicted molar refractivity (Wildman–Crippen MR) is 64.1 cm³/mol. The van der Waals surface area contributed by atoms with Gasteiger partial charge in [-0.2, -0.15) is 5.10 Å². The number of hydrogen-bond donors (Lipinski definition) is 3. The van der Waals surface area contributed by atoms with E-state index in [1.807, 2.05) is 0 Å². The third-order valence-electron chi connectivity index (χ3n) is 2.13. The Bertz CT molecular complexity index is 594. The Hall–Kier alpha value is -2.70. The number of hydrazone groups is 1. The molecule has 2 aromatic rings. The Morgan fingerprint density at radius 3 is 3.12 bits per heavy atom. The van der Waals surface area contributed by atoms with Crippen LogP contribution in [0.4, 0.5) is 5.82 Å². The zero-order valence-corrected chi connectivity index (χ0v) is 8.79. The number of anilines is 1. The third kappa shape index (κ3) is 2.12. The minimum atomic E-state index is -0.421. The van der Waals surface area contributed by atoms with Crippen molar-refractivity contribution in [3.8, 4) is 0 Å². The fourth-order valence-electron chi connectivity index (χ4n) is 1.37. The number of aromatic nitrogens is 2. The van der Waals surface area contributed by atoms with E-state index in [2.05, 4.69) is 20.4 Å². The van der Waals surface area contributed by atoms with Crippen molar-refractivity contribution in [2.24, 2.45) is 10.9 Å². The smallest absolute Gasteiger partial charge is 0.260 e. The zero-order valence-electron chi connectivity index (χ0n) is 8.79. The van der Waals surface area contributed by atoms with Crippen LogP contribution < -0.4 is 16.9 Å². The molecule has 5 N–H and O–H groups in total. The molecule has 2 rings (SSSR count).